The third-order valence-electron chi connectivity index (χ3n) is 9.70. The molecule has 7 rings (SSSR count). The molecule has 252 valence electrons. The number of imidazole rings is 1. The van der Waals surface area contributed by atoms with Crippen LogP contribution in [-0.2, 0) is 26.8 Å². The largest absolute Gasteiger partial charge is 0.327 e. The van der Waals surface area contributed by atoms with Crippen molar-refractivity contribution in [2.75, 3.05) is 4.31 Å². The maximum absolute atomic E-state index is 13.2. The van der Waals surface area contributed by atoms with E-state index in [2.05, 4.69) is 74.0 Å². The Morgan fingerprint density at radius 2 is 1.43 bits per heavy atom. The molecule has 1 spiro atoms. The fourth-order valence-electron chi connectivity index (χ4n) is 7.04. The van der Waals surface area contributed by atoms with Crippen LogP contribution < -0.4 is 9.03 Å². The number of amides is 1. The first-order valence-electron chi connectivity index (χ1n) is 16.6. The molecule has 1 saturated heterocycles. The number of halogens is 2. The summed E-state index contributed by atoms with van der Waals surface area (Å²) >= 11 is 12.8. The average Bonchev–Trinajstić information content (AvgIpc) is 3.56. The van der Waals surface area contributed by atoms with Crippen molar-refractivity contribution in [2.24, 2.45) is 0 Å². The number of aromatic nitrogens is 2. The molecule has 0 radical (unpaired) electrons. The van der Waals surface area contributed by atoms with E-state index in [1.807, 2.05) is 29.0 Å². The van der Waals surface area contributed by atoms with Crippen LogP contribution in [0.2, 0.25) is 10.0 Å². The normalized spacial score (nSPS) is 17.0. The summed E-state index contributed by atoms with van der Waals surface area (Å²) in [5, 5.41) is 1.03. The number of rotatable bonds is 6. The van der Waals surface area contributed by atoms with Crippen LogP contribution in [0, 0.1) is 0 Å². The Labute approximate surface area is 298 Å². The highest BCUT2D eigenvalue weighted by Crippen LogP contribution is 2.42. The molecular weight excluding hydrogens is 675 g/mol. The Morgan fingerprint density at radius 3 is 2.04 bits per heavy atom. The van der Waals surface area contributed by atoms with Gasteiger partial charge in [-0.2, -0.15) is 8.42 Å². The van der Waals surface area contributed by atoms with Gasteiger partial charge in [-0.3, -0.25) is 4.79 Å². The van der Waals surface area contributed by atoms with Crippen molar-refractivity contribution in [1.82, 2.24) is 14.3 Å². The molecule has 1 aromatic heterocycles. The van der Waals surface area contributed by atoms with Crippen LogP contribution in [0.15, 0.2) is 97.2 Å². The van der Waals surface area contributed by atoms with E-state index in [0.717, 1.165) is 53.0 Å². The Kier molecular flexibility index (Phi) is 8.62. The second-order valence-corrected chi connectivity index (χ2v) is 16.4. The van der Waals surface area contributed by atoms with Gasteiger partial charge >= 0.3 is 10.2 Å². The molecule has 10 heteroatoms. The van der Waals surface area contributed by atoms with Gasteiger partial charge in [0, 0.05) is 28.9 Å². The molecule has 1 N–H and O–H groups in total. The average molecular weight is 714 g/mol. The molecule has 7 nitrogen and oxygen atoms in total. The lowest BCUT2D eigenvalue weighted by Crippen LogP contribution is -2.51. The van der Waals surface area contributed by atoms with Gasteiger partial charge in [-0.25, -0.2) is 14.0 Å². The first-order valence-corrected chi connectivity index (χ1v) is 18.8. The quantitative estimate of drug-likeness (QED) is 0.190. The summed E-state index contributed by atoms with van der Waals surface area (Å²) in [4.78, 5) is 18.1. The molecule has 4 aromatic carbocycles. The zero-order valence-corrected chi connectivity index (χ0v) is 30.0. The zero-order chi connectivity index (χ0) is 34.6. The minimum absolute atomic E-state index is 0.0966. The van der Waals surface area contributed by atoms with E-state index in [0.29, 0.717) is 40.7 Å². The van der Waals surface area contributed by atoms with Crippen molar-refractivity contribution in [3.05, 3.63) is 124 Å². The number of nitrogens with zero attached hydrogens (tertiary/aromatic N) is 3. The van der Waals surface area contributed by atoms with Gasteiger partial charge in [0.15, 0.2) is 0 Å². The van der Waals surface area contributed by atoms with Gasteiger partial charge in [0.05, 0.1) is 16.4 Å². The summed E-state index contributed by atoms with van der Waals surface area (Å²) in [6, 6.07) is 29.8. The van der Waals surface area contributed by atoms with Crippen LogP contribution in [0.1, 0.15) is 69.8 Å². The molecule has 0 unspecified atom stereocenters. The van der Waals surface area contributed by atoms with Crippen molar-refractivity contribution in [1.29, 1.82) is 0 Å². The van der Waals surface area contributed by atoms with Crippen molar-refractivity contribution in [3.8, 4) is 28.1 Å². The molecule has 1 aliphatic heterocycles. The van der Waals surface area contributed by atoms with E-state index in [9.17, 15) is 13.2 Å². The SMILES string of the molecule is CC(C)(C)c1ccc(-c2ccc(Cc3nc(-c4ccc(Cl)cc4Cl)cn3-c3ccc(N4C5(CCCCC5)C(=O)NS4(=O)=O)cc3)cc2)cc1. The molecule has 0 atom stereocenters. The number of hydrogen-bond donors (Lipinski definition) is 1. The van der Waals surface area contributed by atoms with E-state index >= 15 is 0 Å². The first kappa shape index (κ1) is 33.4. The third kappa shape index (κ3) is 6.38. The maximum atomic E-state index is 13.2. The van der Waals surface area contributed by atoms with E-state index in [4.69, 9.17) is 28.2 Å². The number of anilines is 1. The smallest absolute Gasteiger partial charge is 0.303 e. The molecule has 1 saturated carbocycles. The summed E-state index contributed by atoms with van der Waals surface area (Å²) in [5.41, 5.74) is 6.38. The van der Waals surface area contributed by atoms with Crippen molar-refractivity contribution < 1.29 is 13.2 Å². The highest BCUT2D eigenvalue weighted by atomic mass is 35.5. The molecule has 49 heavy (non-hydrogen) atoms. The van der Waals surface area contributed by atoms with Crippen LogP contribution >= 0.6 is 23.2 Å². The molecule has 2 aliphatic rings. The van der Waals surface area contributed by atoms with Gasteiger partial charge in [0.1, 0.15) is 11.4 Å². The minimum Gasteiger partial charge on any atom is -0.303 e. The van der Waals surface area contributed by atoms with Crippen LogP contribution in [-0.4, -0.2) is 29.4 Å². The van der Waals surface area contributed by atoms with Crippen molar-refractivity contribution in [3.63, 3.8) is 0 Å². The van der Waals surface area contributed by atoms with E-state index in [-0.39, 0.29) is 5.41 Å². The van der Waals surface area contributed by atoms with Gasteiger partial charge in [0.2, 0.25) is 0 Å². The Balaban J connectivity index is 1.22. The second kappa shape index (κ2) is 12.7. The number of carbonyl (C=O) groups excluding carboxylic acids is 1. The topological polar surface area (TPSA) is 84.3 Å². The Bertz CT molecular complexity index is 2130. The number of carbonyl (C=O) groups is 1. The van der Waals surface area contributed by atoms with Gasteiger partial charge in [-0.15, -0.1) is 0 Å². The van der Waals surface area contributed by atoms with Crippen molar-refractivity contribution >= 4 is 45.0 Å². The fraction of sp³-hybridized carbons (Fsp3) is 0.282. The van der Waals surface area contributed by atoms with E-state index < -0.39 is 21.7 Å². The number of nitrogens with one attached hydrogen (secondary N) is 1. The summed E-state index contributed by atoms with van der Waals surface area (Å²) < 4.78 is 32.0. The standard InChI is InChI=1S/C39H38Cl2N4O3S/c1-38(2,3)29-13-11-28(12-14-29)27-9-7-26(8-10-27)23-36-42-35(33-20-15-30(40)24-34(33)41)25-44(36)31-16-18-32(19-17-31)45-39(21-5-4-6-22-39)37(46)43-49(45,47)48/h7-20,24-25H,4-6,21-23H2,1-3H3,(H,43,46). The molecule has 5 aromatic rings. The molecular formula is C39H38Cl2N4O3S. The molecule has 2 heterocycles. The van der Waals surface area contributed by atoms with Crippen LogP contribution in [0.3, 0.4) is 0 Å². The fourth-order valence-corrected chi connectivity index (χ4v) is 9.18. The lowest BCUT2D eigenvalue weighted by Gasteiger charge is -2.37. The molecule has 1 aliphatic carbocycles. The van der Waals surface area contributed by atoms with Gasteiger partial charge in [0.25, 0.3) is 5.91 Å². The lowest BCUT2D eigenvalue weighted by molar-refractivity contribution is -0.124. The highest BCUT2D eigenvalue weighted by molar-refractivity contribution is 7.92. The van der Waals surface area contributed by atoms with E-state index in [1.54, 1.807) is 24.3 Å². The second-order valence-electron chi connectivity index (χ2n) is 14.0. The van der Waals surface area contributed by atoms with Gasteiger partial charge < -0.3 is 4.57 Å². The number of benzene rings is 4. The lowest BCUT2D eigenvalue weighted by atomic mass is 9.81. The third-order valence-corrected chi connectivity index (χ3v) is 11.7. The predicted molar refractivity (Wildman–Crippen MR) is 198 cm³/mol. The summed E-state index contributed by atoms with van der Waals surface area (Å²) in [6.45, 7) is 6.64. The molecule has 1 amide bonds. The van der Waals surface area contributed by atoms with Crippen molar-refractivity contribution in [2.45, 2.75) is 70.3 Å². The van der Waals surface area contributed by atoms with Gasteiger partial charge in [-0.1, -0.05) is 112 Å². The highest BCUT2D eigenvalue weighted by Gasteiger charge is 2.56. The summed E-state index contributed by atoms with van der Waals surface area (Å²) in [6.07, 6.45) is 6.06. The maximum Gasteiger partial charge on any atom is 0.327 e. The minimum atomic E-state index is -4.01. The zero-order valence-electron chi connectivity index (χ0n) is 27.7. The van der Waals surface area contributed by atoms with Crippen LogP contribution in [0.5, 0.6) is 0 Å². The van der Waals surface area contributed by atoms with E-state index in [1.165, 1.54) is 9.87 Å². The Hall–Kier alpha value is -4.11. The first-order chi connectivity index (χ1) is 23.3. The monoisotopic (exact) mass is 712 g/mol. The van der Waals surface area contributed by atoms with Gasteiger partial charge in [-0.05, 0) is 83.0 Å². The Morgan fingerprint density at radius 1 is 0.816 bits per heavy atom. The molecule has 2 fully saturated rings. The van der Waals surface area contributed by atoms with Crippen LogP contribution in [0.4, 0.5) is 5.69 Å². The predicted octanol–water partition coefficient (Wildman–Crippen LogP) is 9.29. The number of hydrogen-bond acceptors (Lipinski definition) is 4. The summed E-state index contributed by atoms with van der Waals surface area (Å²) in [7, 11) is -4.01. The summed E-state index contributed by atoms with van der Waals surface area (Å²) in [5.74, 6) is 0.344. The van der Waals surface area contributed by atoms with Crippen LogP contribution in [0.25, 0.3) is 28.1 Å². The molecule has 0 bridgehead atoms.